The van der Waals surface area contributed by atoms with Crippen LogP contribution in [-0.2, 0) is 21.4 Å². The van der Waals surface area contributed by atoms with E-state index in [1.165, 1.54) is 15.6 Å². The minimum absolute atomic E-state index is 0.210. The third kappa shape index (κ3) is 4.49. The fraction of sp³-hybridized carbons (Fsp3) is 0.350. The summed E-state index contributed by atoms with van der Waals surface area (Å²) in [5, 5.41) is 1.10. The standard InChI is InChI=1S/C20H21ClN4O3S2/c1-30(27,28)25-11-5-3-7-17(25)19(26)24(13-15-6-2-4-10-22-15)20-23-16-9-8-14(21)12-18(16)29-20/h2,4,6,8-10,12,17H,3,5,7,11,13H2,1H3. The monoisotopic (exact) mass is 464 g/mol. The molecule has 30 heavy (non-hydrogen) atoms. The zero-order valence-electron chi connectivity index (χ0n) is 16.4. The Bertz CT molecular complexity index is 1170. The van der Waals surface area contributed by atoms with Gasteiger partial charge in [0, 0.05) is 17.8 Å². The molecule has 1 aliphatic rings. The van der Waals surface area contributed by atoms with Crippen molar-refractivity contribution in [2.75, 3.05) is 17.7 Å². The molecule has 1 unspecified atom stereocenters. The molecule has 3 aromatic rings. The van der Waals surface area contributed by atoms with Crippen molar-refractivity contribution in [2.24, 2.45) is 0 Å². The third-order valence-corrected chi connectivity index (χ3v) is 7.61. The number of anilines is 1. The molecule has 2 aromatic heterocycles. The summed E-state index contributed by atoms with van der Waals surface area (Å²) in [6, 6.07) is 10.1. The minimum atomic E-state index is -3.50. The second-order valence-corrected chi connectivity index (χ2v) is 10.6. The second kappa shape index (κ2) is 8.58. The summed E-state index contributed by atoms with van der Waals surface area (Å²) >= 11 is 7.46. The third-order valence-electron chi connectivity index (χ3n) is 5.05. The van der Waals surface area contributed by atoms with E-state index in [9.17, 15) is 13.2 Å². The summed E-state index contributed by atoms with van der Waals surface area (Å²) in [7, 11) is -3.50. The Kier molecular flexibility index (Phi) is 6.06. The van der Waals surface area contributed by atoms with Gasteiger partial charge in [-0.15, -0.1) is 0 Å². The molecule has 7 nitrogen and oxygen atoms in total. The molecule has 0 bridgehead atoms. The first kappa shape index (κ1) is 21.2. The maximum atomic E-state index is 13.6. The molecule has 0 spiro atoms. The molecule has 0 N–H and O–H groups in total. The predicted octanol–water partition coefficient (Wildman–Crippen LogP) is 3.69. The maximum Gasteiger partial charge on any atom is 0.247 e. The quantitative estimate of drug-likeness (QED) is 0.575. The largest absolute Gasteiger partial charge is 0.281 e. The second-order valence-electron chi connectivity index (χ2n) is 7.24. The van der Waals surface area contributed by atoms with Gasteiger partial charge in [0.15, 0.2) is 5.13 Å². The predicted molar refractivity (Wildman–Crippen MR) is 119 cm³/mol. The van der Waals surface area contributed by atoms with Gasteiger partial charge in [-0.25, -0.2) is 13.4 Å². The maximum absolute atomic E-state index is 13.6. The number of benzene rings is 1. The van der Waals surface area contributed by atoms with Crippen molar-refractivity contribution in [1.82, 2.24) is 14.3 Å². The summed E-state index contributed by atoms with van der Waals surface area (Å²) in [5.41, 5.74) is 1.44. The number of amides is 1. The van der Waals surface area contributed by atoms with Crippen molar-refractivity contribution in [2.45, 2.75) is 31.8 Å². The fourth-order valence-corrected chi connectivity index (χ4v) is 5.99. The Hall–Kier alpha value is -2.07. The van der Waals surface area contributed by atoms with Gasteiger partial charge < -0.3 is 0 Å². The number of thiazole rings is 1. The molecular formula is C20H21ClN4O3S2. The number of pyridine rings is 1. The van der Waals surface area contributed by atoms with Gasteiger partial charge in [0.2, 0.25) is 15.9 Å². The van der Waals surface area contributed by atoms with Crippen molar-refractivity contribution in [1.29, 1.82) is 0 Å². The Balaban J connectivity index is 1.74. The fourth-order valence-electron chi connectivity index (χ4n) is 3.62. The molecule has 1 atom stereocenters. The summed E-state index contributed by atoms with van der Waals surface area (Å²) in [6.45, 7) is 0.559. The SMILES string of the molecule is CS(=O)(=O)N1CCCCC1C(=O)N(Cc1ccccn1)c1nc2ccc(Cl)cc2s1. The highest BCUT2D eigenvalue weighted by atomic mass is 35.5. The lowest BCUT2D eigenvalue weighted by Gasteiger charge is -2.35. The molecule has 0 radical (unpaired) electrons. The van der Waals surface area contributed by atoms with E-state index in [-0.39, 0.29) is 12.5 Å². The molecule has 1 aliphatic heterocycles. The van der Waals surface area contributed by atoms with Crippen molar-refractivity contribution in [3.8, 4) is 0 Å². The van der Waals surface area contributed by atoms with E-state index in [0.29, 0.717) is 28.8 Å². The van der Waals surface area contributed by atoms with Crippen LogP contribution in [0.2, 0.25) is 5.02 Å². The number of sulfonamides is 1. The van der Waals surface area contributed by atoms with Crippen LogP contribution >= 0.6 is 22.9 Å². The number of piperidine rings is 1. The average Bonchev–Trinajstić information content (AvgIpc) is 3.14. The Labute approximate surface area is 184 Å². The first-order valence-electron chi connectivity index (χ1n) is 9.57. The number of aromatic nitrogens is 2. The Morgan fingerprint density at radius 1 is 1.30 bits per heavy atom. The first-order valence-corrected chi connectivity index (χ1v) is 12.6. The minimum Gasteiger partial charge on any atom is -0.281 e. The summed E-state index contributed by atoms with van der Waals surface area (Å²) in [5.74, 6) is -0.282. The highest BCUT2D eigenvalue weighted by Gasteiger charge is 2.38. The van der Waals surface area contributed by atoms with Crippen LogP contribution in [0.3, 0.4) is 0 Å². The van der Waals surface area contributed by atoms with Crippen LogP contribution in [0.5, 0.6) is 0 Å². The van der Waals surface area contributed by atoms with E-state index in [2.05, 4.69) is 9.97 Å². The highest BCUT2D eigenvalue weighted by Crippen LogP contribution is 2.33. The van der Waals surface area contributed by atoms with Crippen LogP contribution in [0.4, 0.5) is 5.13 Å². The van der Waals surface area contributed by atoms with Gasteiger partial charge in [-0.1, -0.05) is 35.4 Å². The van der Waals surface area contributed by atoms with Gasteiger partial charge in [0.25, 0.3) is 0 Å². The molecule has 158 valence electrons. The van der Waals surface area contributed by atoms with Crippen LogP contribution in [-0.4, -0.2) is 47.4 Å². The average molecular weight is 465 g/mol. The van der Waals surface area contributed by atoms with Crippen molar-refractivity contribution < 1.29 is 13.2 Å². The van der Waals surface area contributed by atoms with E-state index in [0.717, 1.165) is 29.3 Å². The Morgan fingerprint density at radius 2 is 2.13 bits per heavy atom. The number of rotatable bonds is 5. The number of halogens is 1. The van der Waals surface area contributed by atoms with Gasteiger partial charge in [0.05, 0.1) is 28.7 Å². The number of hydrogen-bond acceptors (Lipinski definition) is 6. The van der Waals surface area contributed by atoms with Crippen molar-refractivity contribution >= 4 is 54.2 Å². The van der Waals surface area contributed by atoms with Gasteiger partial charge >= 0.3 is 0 Å². The van der Waals surface area contributed by atoms with Gasteiger partial charge in [-0.05, 0) is 43.2 Å². The summed E-state index contributed by atoms with van der Waals surface area (Å²) in [4.78, 5) is 24.1. The number of hydrogen-bond donors (Lipinski definition) is 0. The molecule has 1 aromatic carbocycles. The van der Waals surface area contributed by atoms with Gasteiger partial charge in [0.1, 0.15) is 6.04 Å². The molecular weight excluding hydrogens is 444 g/mol. The first-order chi connectivity index (χ1) is 14.3. The van der Waals surface area contributed by atoms with E-state index in [4.69, 9.17) is 11.6 Å². The lowest BCUT2D eigenvalue weighted by atomic mass is 10.0. The van der Waals surface area contributed by atoms with Crippen LogP contribution in [0.1, 0.15) is 25.0 Å². The summed E-state index contributed by atoms with van der Waals surface area (Å²) < 4.78 is 26.8. The molecule has 0 saturated carbocycles. The number of carbonyl (C=O) groups excluding carboxylic acids is 1. The molecule has 1 fully saturated rings. The molecule has 3 heterocycles. The van der Waals surface area contributed by atoms with Crippen LogP contribution in [0, 0.1) is 0 Å². The molecule has 4 rings (SSSR count). The lowest BCUT2D eigenvalue weighted by molar-refractivity contribution is -0.123. The zero-order chi connectivity index (χ0) is 21.3. The van der Waals surface area contributed by atoms with Gasteiger partial charge in [-0.2, -0.15) is 4.31 Å². The van der Waals surface area contributed by atoms with Crippen molar-refractivity contribution in [3.05, 3.63) is 53.3 Å². The van der Waals surface area contributed by atoms with E-state index < -0.39 is 16.1 Å². The van der Waals surface area contributed by atoms with Gasteiger partial charge in [-0.3, -0.25) is 14.7 Å². The Morgan fingerprint density at radius 3 is 2.87 bits per heavy atom. The lowest BCUT2D eigenvalue weighted by Crippen LogP contribution is -2.52. The molecule has 1 saturated heterocycles. The van der Waals surface area contributed by atoms with Crippen molar-refractivity contribution in [3.63, 3.8) is 0 Å². The van der Waals surface area contributed by atoms with E-state index in [1.54, 1.807) is 17.2 Å². The van der Waals surface area contributed by atoms with E-state index in [1.807, 2.05) is 30.3 Å². The van der Waals surface area contributed by atoms with Crippen LogP contribution in [0.25, 0.3) is 10.2 Å². The van der Waals surface area contributed by atoms with E-state index >= 15 is 0 Å². The number of fused-ring (bicyclic) bond motifs is 1. The molecule has 0 aliphatic carbocycles. The molecule has 1 amide bonds. The number of nitrogens with zero attached hydrogens (tertiary/aromatic N) is 4. The van der Waals surface area contributed by atoms with Crippen LogP contribution < -0.4 is 4.90 Å². The smallest absolute Gasteiger partial charge is 0.247 e. The normalized spacial score (nSPS) is 17.9. The zero-order valence-corrected chi connectivity index (χ0v) is 18.8. The summed E-state index contributed by atoms with van der Waals surface area (Å²) in [6.07, 6.45) is 4.86. The van der Waals surface area contributed by atoms with Crippen LogP contribution in [0.15, 0.2) is 42.6 Å². The highest BCUT2D eigenvalue weighted by molar-refractivity contribution is 7.88. The molecule has 10 heteroatoms. The number of carbonyl (C=O) groups is 1. The topological polar surface area (TPSA) is 83.5 Å².